The largest absolute Gasteiger partial charge is 0.497 e. The highest BCUT2D eigenvalue weighted by Crippen LogP contribution is 2.40. The SMILES string of the molecule is COc1ccc(CNC(=O)COC(=O)c2cc(OC)c(OC)cc2NC(=O)C2CC2C)cc1. The van der Waals surface area contributed by atoms with E-state index < -0.39 is 18.5 Å². The second kappa shape index (κ2) is 10.7. The third-order valence-electron chi connectivity index (χ3n) is 5.43. The summed E-state index contributed by atoms with van der Waals surface area (Å²) >= 11 is 0. The van der Waals surface area contributed by atoms with Gasteiger partial charge in [0.1, 0.15) is 5.75 Å². The minimum atomic E-state index is -0.769. The first kappa shape index (κ1) is 23.9. The number of esters is 1. The molecule has 1 aliphatic carbocycles. The lowest BCUT2D eigenvalue weighted by Crippen LogP contribution is -2.28. The van der Waals surface area contributed by atoms with Crippen LogP contribution in [-0.2, 0) is 20.9 Å². The van der Waals surface area contributed by atoms with Crippen LogP contribution in [-0.4, -0.2) is 45.7 Å². The molecule has 0 bridgehead atoms. The summed E-state index contributed by atoms with van der Waals surface area (Å²) in [6, 6.07) is 10.1. The van der Waals surface area contributed by atoms with E-state index in [1.54, 1.807) is 19.2 Å². The normalized spacial score (nSPS) is 16.4. The van der Waals surface area contributed by atoms with E-state index in [4.69, 9.17) is 18.9 Å². The number of rotatable bonds is 10. The summed E-state index contributed by atoms with van der Waals surface area (Å²) in [7, 11) is 4.47. The first-order valence-corrected chi connectivity index (χ1v) is 10.5. The Labute approximate surface area is 192 Å². The molecule has 1 saturated carbocycles. The van der Waals surface area contributed by atoms with Crippen molar-refractivity contribution in [1.82, 2.24) is 5.32 Å². The van der Waals surface area contributed by atoms with Gasteiger partial charge in [-0.2, -0.15) is 0 Å². The van der Waals surface area contributed by atoms with Gasteiger partial charge in [0.05, 0.1) is 32.6 Å². The fraction of sp³-hybridized carbons (Fsp3) is 0.375. The molecule has 1 fully saturated rings. The van der Waals surface area contributed by atoms with E-state index in [1.165, 1.54) is 26.4 Å². The molecular weight excluding hydrogens is 428 g/mol. The molecule has 0 aromatic heterocycles. The Kier molecular flexibility index (Phi) is 7.76. The molecule has 0 radical (unpaired) electrons. The molecular formula is C24H28N2O7. The topological polar surface area (TPSA) is 112 Å². The monoisotopic (exact) mass is 456 g/mol. The Morgan fingerprint density at radius 3 is 2.18 bits per heavy atom. The quantitative estimate of drug-likeness (QED) is 0.529. The van der Waals surface area contributed by atoms with Crippen LogP contribution >= 0.6 is 0 Å². The number of carbonyl (C=O) groups excluding carboxylic acids is 3. The highest BCUT2D eigenvalue weighted by Gasteiger charge is 2.39. The lowest BCUT2D eigenvalue weighted by molar-refractivity contribution is -0.124. The van der Waals surface area contributed by atoms with Gasteiger partial charge in [0.25, 0.3) is 5.91 Å². The molecule has 0 aliphatic heterocycles. The summed E-state index contributed by atoms with van der Waals surface area (Å²) in [5.74, 6) is 0.165. The molecule has 2 N–H and O–H groups in total. The molecule has 176 valence electrons. The molecule has 33 heavy (non-hydrogen) atoms. The van der Waals surface area contributed by atoms with E-state index in [0.29, 0.717) is 23.2 Å². The van der Waals surface area contributed by atoms with Gasteiger partial charge in [0.15, 0.2) is 18.1 Å². The first-order valence-electron chi connectivity index (χ1n) is 10.5. The highest BCUT2D eigenvalue weighted by molar-refractivity contribution is 6.03. The lowest BCUT2D eigenvalue weighted by Gasteiger charge is -2.15. The third-order valence-corrected chi connectivity index (χ3v) is 5.43. The standard InChI is InChI=1S/C24H28N2O7/c1-14-9-17(14)23(28)26-19-11-21(32-4)20(31-3)10-18(19)24(29)33-13-22(27)25-12-15-5-7-16(30-2)8-6-15/h5-8,10-11,14,17H,9,12-13H2,1-4H3,(H,25,27)(H,26,28). The van der Waals surface area contributed by atoms with Gasteiger partial charge in [-0.3, -0.25) is 9.59 Å². The maximum Gasteiger partial charge on any atom is 0.340 e. The molecule has 1 aliphatic rings. The summed E-state index contributed by atoms with van der Waals surface area (Å²) in [4.78, 5) is 37.4. The van der Waals surface area contributed by atoms with E-state index in [-0.39, 0.29) is 29.6 Å². The van der Waals surface area contributed by atoms with Crippen LogP contribution in [0.5, 0.6) is 17.2 Å². The molecule has 3 rings (SSSR count). The zero-order valence-corrected chi connectivity index (χ0v) is 19.1. The van der Waals surface area contributed by atoms with Crippen LogP contribution in [0.1, 0.15) is 29.3 Å². The van der Waals surface area contributed by atoms with Crippen LogP contribution in [0.15, 0.2) is 36.4 Å². The molecule has 2 aromatic carbocycles. The Hall–Kier alpha value is -3.75. The van der Waals surface area contributed by atoms with Gasteiger partial charge in [-0.25, -0.2) is 4.79 Å². The van der Waals surface area contributed by atoms with Crippen LogP contribution in [0, 0.1) is 11.8 Å². The van der Waals surface area contributed by atoms with Crippen molar-refractivity contribution in [3.8, 4) is 17.2 Å². The van der Waals surface area contributed by atoms with E-state index in [9.17, 15) is 14.4 Å². The number of benzene rings is 2. The van der Waals surface area contributed by atoms with Crippen molar-refractivity contribution < 1.29 is 33.3 Å². The molecule has 0 heterocycles. The Morgan fingerprint density at radius 1 is 0.970 bits per heavy atom. The van der Waals surface area contributed by atoms with Gasteiger partial charge in [-0.05, 0) is 30.0 Å². The van der Waals surface area contributed by atoms with Crippen LogP contribution in [0.3, 0.4) is 0 Å². The van der Waals surface area contributed by atoms with E-state index in [0.717, 1.165) is 12.0 Å². The van der Waals surface area contributed by atoms with Crippen molar-refractivity contribution in [2.75, 3.05) is 33.3 Å². The molecule has 0 spiro atoms. The molecule has 2 atom stereocenters. The van der Waals surface area contributed by atoms with Crippen molar-refractivity contribution in [1.29, 1.82) is 0 Å². The smallest absolute Gasteiger partial charge is 0.340 e. The Morgan fingerprint density at radius 2 is 1.61 bits per heavy atom. The summed E-state index contributed by atoms with van der Waals surface area (Å²) in [5.41, 5.74) is 1.17. The van der Waals surface area contributed by atoms with Crippen LogP contribution < -0.4 is 24.8 Å². The molecule has 0 saturated heterocycles. The number of ether oxygens (including phenoxy) is 4. The second-order valence-electron chi connectivity index (χ2n) is 7.76. The number of carbonyl (C=O) groups is 3. The maximum atomic E-state index is 12.8. The molecule has 2 unspecified atom stereocenters. The summed E-state index contributed by atoms with van der Waals surface area (Å²) in [6.07, 6.45) is 0.799. The fourth-order valence-electron chi connectivity index (χ4n) is 3.27. The maximum absolute atomic E-state index is 12.8. The zero-order chi connectivity index (χ0) is 24.0. The fourth-order valence-corrected chi connectivity index (χ4v) is 3.27. The number of hydrogen-bond acceptors (Lipinski definition) is 7. The Bertz CT molecular complexity index is 1020. The summed E-state index contributed by atoms with van der Waals surface area (Å²) < 4.78 is 20.8. The van der Waals surface area contributed by atoms with Gasteiger partial charge >= 0.3 is 5.97 Å². The van der Waals surface area contributed by atoms with Gasteiger partial charge in [-0.1, -0.05) is 19.1 Å². The van der Waals surface area contributed by atoms with Crippen molar-refractivity contribution in [2.24, 2.45) is 11.8 Å². The average molecular weight is 456 g/mol. The molecule has 2 aromatic rings. The van der Waals surface area contributed by atoms with E-state index >= 15 is 0 Å². The molecule has 2 amide bonds. The van der Waals surface area contributed by atoms with Crippen molar-refractivity contribution in [3.05, 3.63) is 47.5 Å². The average Bonchev–Trinajstić information content (AvgIpc) is 3.57. The van der Waals surface area contributed by atoms with Crippen LogP contribution in [0.4, 0.5) is 5.69 Å². The molecule has 9 heteroatoms. The predicted molar refractivity (Wildman–Crippen MR) is 121 cm³/mol. The van der Waals surface area contributed by atoms with E-state index in [1.807, 2.05) is 19.1 Å². The lowest BCUT2D eigenvalue weighted by atomic mass is 10.1. The van der Waals surface area contributed by atoms with Gasteiger partial charge < -0.3 is 29.6 Å². The van der Waals surface area contributed by atoms with Crippen LogP contribution in [0.25, 0.3) is 0 Å². The number of hydrogen-bond donors (Lipinski definition) is 2. The number of amides is 2. The second-order valence-corrected chi connectivity index (χ2v) is 7.76. The number of methoxy groups -OCH3 is 3. The summed E-state index contributed by atoms with van der Waals surface area (Å²) in [5, 5.41) is 5.45. The minimum Gasteiger partial charge on any atom is -0.497 e. The minimum absolute atomic E-state index is 0.0669. The van der Waals surface area contributed by atoms with Gasteiger partial charge in [-0.15, -0.1) is 0 Å². The van der Waals surface area contributed by atoms with Crippen molar-refractivity contribution >= 4 is 23.5 Å². The first-order chi connectivity index (χ1) is 15.9. The highest BCUT2D eigenvalue weighted by atomic mass is 16.5. The zero-order valence-electron chi connectivity index (χ0n) is 19.1. The predicted octanol–water partition coefficient (Wildman–Crippen LogP) is 2.78. The Balaban J connectivity index is 1.64. The van der Waals surface area contributed by atoms with Crippen molar-refractivity contribution in [3.63, 3.8) is 0 Å². The van der Waals surface area contributed by atoms with E-state index in [2.05, 4.69) is 10.6 Å². The number of nitrogens with one attached hydrogen (secondary N) is 2. The third kappa shape index (κ3) is 6.15. The summed E-state index contributed by atoms with van der Waals surface area (Å²) in [6.45, 7) is 1.78. The van der Waals surface area contributed by atoms with Crippen LogP contribution in [0.2, 0.25) is 0 Å². The number of anilines is 1. The van der Waals surface area contributed by atoms with Gasteiger partial charge in [0, 0.05) is 24.6 Å². The molecule has 9 nitrogen and oxygen atoms in total. The van der Waals surface area contributed by atoms with Crippen molar-refractivity contribution in [2.45, 2.75) is 19.9 Å². The van der Waals surface area contributed by atoms with Gasteiger partial charge in [0.2, 0.25) is 5.91 Å².